The van der Waals surface area contributed by atoms with Crippen LogP contribution in [-0.2, 0) is 9.53 Å². The van der Waals surface area contributed by atoms with Gasteiger partial charge in [-0.3, -0.25) is 9.59 Å². The highest BCUT2D eigenvalue weighted by Gasteiger charge is 2.40. The number of rotatable bonds is 5. The molecule has 3 rings (SSSR count). The third-order valence-corrected chi connectivity index (χ3v) is 4.75. The Kier molecular flexibility index (Phi) is 4.85. The molecule has 1 aliphatic heterocycles. The molecule has 7 nitrogen and oxygen atoms in total. The summed E-state index contributed by atoms with van der Waals surface area (Å²) in [7, 11) is 0. The van der Waals surface area contributed by atoms with Crippen LogP contribution in [0.25, 0.3) is 5.69 Å². The van der Waals surface area contributed by atoms with Crippen molar-refractivity contribution in [2.75, 3.05) is 19.8 Å². The molecule has 1 amide bonds. The van der Waals surface area contributed by atoms with Gasteiger partial charge in [-0.15, -0.1) is 0 Å². The molecule has 2 aromatic rings. The Morgan fingerprint density at radius 3 is 2.60 bits per heavy atom. The van der Waals surface area contributed by atoms with Crippen LogP contribution in [0, 0.1) is 12.3 Å². The predicted octanol–water partition coefficient (Wildman–Crippen LogP) is 1.79. The first-order valence-electron chi connectivity index (χ1n) is 8.23. The summed E-state index contributed by atoms with van der Waals surface area (Å²) >= 11 is 0. The topological polar surface area (TPSA) is 93.5 Å². The number of nitrogens with one attached hydrogen (secondary N) is 1. The highest BCUT2D eigenvalue weighted by atomic mass is 16.5. The van der Waals surface area contributed by atoms with Crippen LogP contribution in [0.15, 0.2) is 36.5 Å². The van der Waals surface area contributed by atoms with E-state index in [1.807, 2.05) is 37.3 Å². The number of amides is 1. The van der Waals surface area contributed by atoms with E-state index in [-0.39, 0.29) is 12.5 Å². The van der Waals surface area contributed by atoms with Gasteiger partial charge >= 0.3 is 5.97 Å². The van der Waals surface area contributed by atoms with E-state index >= 15 is 0 Å². The van der Waals surface area contributed by atoms with Crippen molar-refractivity contribution in [3.63, 3.8) is 0 Å². The molecule has 2 heterocycles. The average Bonchev–Trinajstić information content (AvgIpc) is 3.02. The molecule has 0 aliphatic carbocycles. The van der Waals surface area contributed by atoms with E-state index < -0.39 is 11.4 Å². The highest BCUT2D eigenvalue weighted by molar-refractivity contribution is 5.95. The van der Waals surface area contributed by atoms with E-state index in [9.17, 15) is 14.7 Å². The zero-order valence-electron chi connectivity index (χ0n) is 14.1. The number of hydrogen-bond donors (Lipinski definition) is 2. The number of aromatic nitrogens is 2. The number of carboxylic acids is 1. The number of hydrogen-bond acceptors (Lipinski definition) is 4. The third kappa shape index (κ3) is 3.41. The molecule has 0 radical (unpaired) electrons. The van der Waals surface area contributed by atoms with Crippen molar-refractivity contribution in [2.45, 2.75) is 19.8 Å². The Hall–Kier alpha value is -2.67. The van der Waals surface area contributed by atoms with E-state index in [0.717, 1.165) is 5.69 Å². The van der Waals surface area contributed by atoms with Crippen molar-refractivity contribution < 1.29 is 19.4 Å². The molecule has 1 aromatic heterocycles. The zero-order chi connectivity index (χ0) is 17.9. The van der Waals surface area contributed by atoms with E-state index in [2.05, 4.69) is 10.4 Å². The van der Waals surface area contributed by atoms with Gasteiger partial charge in [0.15, 0.2) is 0 Å². The molecule has 7 heteroatoms. The molecule has 0 atom stereocenters. The predicted molar refractivity (Wildman–Crippen MR) is 90.8 cm³/mol. The summed E-state index contributed by atoms with van der Waals surface area (Å²) in [5, 5.41) is 16.6. The van der Waals surface area contributed by atoms with Crippen LogP contribution < -0.4 is 5.32 Å². The van der Waals surface area contributed by atoms with Crippen LogP contribution in [0.5, 0.6) is 0 Å². The summed E-state index contributed by atoms with van der Waals surface area (Å²) in [4.78, 5) is 24.2. The fraction of sp³-hybridized carbons (Fsp3) is 0.389. The molecular weight excluding hydrogens is 322 g/mol. The summed E-state index contributed by atoms with van der Waals surface area (Å²) in [5.74, 6) is -1.21. The Balaban J connectivity index is 1.74. The van der Waals surface area contributed by atoms with Gasteiger partial charge in [0.1, 0.15) is 0 Å². The quantitative estimate of drug-likeness (QED) is 0.863. The number of aliphatic carboxylic acids is 1. The van der Waals surface area contributed by atoms with E-state index in [4.69, 9.17) is 4.74 Å². The van der Waals surface area contributed by atoms with Crippen LogP contribution in [-0.4, -0.2) is 46.5 Å². The van der Waals surface area contributed by atoms with Crippen molar-refractivity contribution in [3.05, 3.63) is 47.8 Å². The molecule has 1 fully saturated rings. The third-order valence-electron chi connectivity index (χ3n) is 4.75. The fourth-order valence-electron chi connectivity index (χ4n) is 3.04. The van der Waals surface area contributed by atoms with Crippen molar-refractivity contribution in [1.82, 2.24) is 15.1 Å². The SMILES string of the molecule is Cc1c(C(=O)NCC2(C(=O)O)CCOCC2)cnn1-c1ccccc1. The van der Waals surface area contributed by atoms with Crippen LogP contribution in [0.2, 0.25) is 0 Å². The van der Waals surface area contributed by atoms with E-state index in [1.165, 1.54) is 6.20 Å². The summed E-state index contributed by atoms with van der Waals surface area (Å²) < 4.78 is 6.94. The second-order valence-electron chi connectivity index (χ2n) is 6.27. The van der Waals surface area contributed by atoms with E-state index in [0.29, 0.717) is 37.3 Å². The lowest BCUT2D eigenvalue weighted by Gasteiger charge is -2.33. The molecule has 1 aromatic carbocycles. The average molecular weight is 343 g/mol. The minimum atomic E-state index is -0.961. The van der Waals surface area contributed by atoms with Gasteiger partial charge in [0.2, 0.25) is 0 Å². The first kappa shape index (κ1) is 17.2. The first-order chi connectivity index (χ1) is 12.0. The molecule has 0 saturated carbocycles. The monoisotopic (exact) mass is 343 g/mol. The van der Waals surface area contributed by atoms with Crippen molar-refractivity contribution >= 4 is 11.9 Å². The van der Waals surface area contributed by atoms with Gasteiger partial charge in [-0.2, -0.15) is 5.10 Å². The number of benzene rings is 1. The first-order valence-corrected chi connectivity index (χ1v) is 8.23. The van der Waals surface area contributed by atoms with Crippen molar-refractivity contribution in [2.24, 2.45) is 5.41 Å². The molecule has 1 saturated heterocycles. The molecule has 0 unspecified atom stereocenters. The minimum absolute atomic E-state index is 0.0838. The Morgan fingerprint density at radius 1 is 1.28 bits per heavy atom. The van der Waals surface area contributed by atoms with Gasteiger partial charge in [-0.05, 0) is 31.9 Å². The molecule has 0 bridgehead atoms. The minimum Gasteiger partial charge on any atom is -0.481 e. The molecule has 0 spiro atoms. The Labute approximate surface area is 145 Å². The van der Waals surface area contributed by atoms with Gasteiger partial charge < -0.3 is 15.2 Å². The van der Waals surface area contributed by atoms with Gasteiger partial charge in [0, 0.05) is 19.8 Å². The van der Waals surface area contributed by atoms with Gasteiger partial charge in [0.05, 0.1) is 28.6 Å². The number of ether oxygens (including phenoxy) is 1. The van der Waals surface area contributed by atoms with Crippen LogP contribution in [0.3, 0.4) is 0 Å². The van der Waals surface area contributed by atoms with Crippen molar-refractivity contribution in [3.8, 4) is 5.69 Å². The number of para-hydroxylation sites is 1. The van der Waals surface area contributed by atoms with Crippen LogP contribution in [0.1, 0.15) is 28.9 Å². The van der Waals surface area contributed by atoms with Crippen molar-refractivity contribution in [1.29, 1.82) is 0 Å². The normalized spacial score (nSPS) is 16.4. The standard InChI is InChI=1S/C18H21N3O4/c1-13-15(11-20-21(13)14-5-3-2-4-6-14)16(22)19-12-18(17(23)24)7-9-25-10-8-18/h2-6,11H,7-10,12H2,1H3,(H,19,22)(H,23,24). The lowest BCUT2D eigenvalue weighted by molar-refractivity contribution is -0.154. The van der Waals surface area contributed by atoms with Gasteiger partial charge in [0.25, 0.3) is 5.91 Å². The molecular formula is C18H21N3O4. The number of carbonyl (C=O) groups excluding carboxylic acids is 1. The summed E-state index contributed by atoms with van der Waals surface area (Å²) in [6, 6.07) is 9.53. The second-order valence-corrected chi connectivity index (χ2v) is 6.27. The fourth-order valence-corrected chi connectivity index (χ4v) is 3.04. The number of carbonyl (C=O) groups is 2. The van der Waals surface area contributed by atoms with Crippen LogP contribution >= 0.6 is 0 Å². The smallest absolute Gasteiger partial charge is 0.311 e. The number of nitrogens with zero attached hydrogens (tertiary/aromatic N) is 2. The molecule has 132 valence electrons. The second kappa shape index (κ2) is 7.06. The summed E-state index contributed by atoms with van der Waals surface area (Å²) in [6.45, 7) is 2.69. The van der Waals surface area contributed by atoms with Gasteiger partial charge in [-0.25, -0.2) is 4.68 Å². The van der Waals surface area contributed by atoms with E-state index in [1.54, 1.807) is 4.68 Å². The Bertz CT molecular complexity index is 764. The lowest BCUT2D eigenvalue weighted by atomic mass is 9.80. The summed E-state index contributed by atoms with van der Waals surface area (Å²) in [5.41, 5.74) is 1.05. The zero-order valence-corrected chi connectivity index (χ0v) is 14.1. The molecule has 2 N–H and O–H groups in total. The maximum Gasteiger partial charge on any atom is 0.311 e. The van der Waals surface area contributed by atoms with Gasteiger partial charge in [-0.1, -0.05) is 18.2 Å². The molecule has 25 heavy (non-hydrogen) atoms. The maximum atomic E-state index is 12.5. The maximum absolute atomic E-state index is 12.5. The summed E-state index contributed by atoms with van der Waals surface area (Å²) in [6.07, 6.45) is 2.30. The lowest BCUT2D eigenvalue weighted by Crippen LogP contribution is -2.46. The number of carboxylic acid groups (broad SMARTS) is 1. The van der Waals surface area contributed by atoms with Crippen LogP contribution in [0.4, 0.5) is 0 Å². The largest absolute Gasteiger partial charge is 0.481 e. The highest BCUT2D eigenvalue weighted by Crippen LogP contribution is 2.30. The molecule has 1 aliphatic rings. The Morgan fingerprint density at radius 2 is 1.96 bits per heavy atom.